The first-order valence-electron chi connectivity index (χ1n) is 7.80. The number of nitrogens with zero attached hydrogens (tertiary/aromatic N) is 1. The van der Waals surface area contributed by atoms with E-state index < -0.39 is 10.0 Å². The van der Waals surface area contributed by atoms with Crippen molar-refractivity contribution < 1.29 is 13.2 Å². The molecular weight excluding hydrogens is 300 g/mol. The van der Waals surface area contributed by atoms with Crippen LogP contribution in [0.3, 0.4) is 0 Å². The van der Waals surface area contributed by atoms with Crippen LogP contribution in [0, 0.1) is 0 Å². The Hall–Kier alpha value is -1.56. The van der Waals surface area contributed by atoms with E-state index in [0.717, 1.165) is 12.8 Å². The molecule has 0 bridgehead atoms. The van der Waals surface area contributed by atoms with E-state index in [-0.39, 0.29) is 17.7 Å². The Kier molecular flexibility index (Phi) is 6.87. The Morgan fingerprint density at radius 1 is 1.09 bits per heavy atom. The molecule has 0 aromatic heterocycles. The van der Waals surface area contributed by atoms with Crippen LogP contribution in [0.2, 0.25) is 0 Å². The third kappa shape index (κ3) is 4.47. The molecule has 5 nitrogen and oxygen atoms in total. The second kappa shape index (κ2) is 8.17. The molecular formula is C16H26N2O3S. The van der Waals surface area contributed by atoms with Gasteiger partial charge < -0.3 is 5.32 Å². The maximum atomic E-state index is 12.1. The maximum absolute atomic E-state index is 12.1. The van der Waals surface area contributed by atoms with Gasteiger partial charge in [-0.25, -0.2) is 8.42 Å². The van der Waals surface area contributed by atoms with Gasteiger partial charge in [-0.05, 0) is 51.0 Å². The number of rotatable bonds is 8. The van der Waals surface area contributed by atoms with Crippen molar-refractivity contribution >= 4 is 21.6 Å². The number of carbonyl (C=O) groups is 1. The van der Waals surface area contributed by atoms with Gasteiger partial charge in [0.15, 0.2) is 0 Å². The van der Waals surface area contributed by atoms with E-state index in [1.807, 2.05) is 13.8 Å². The van der Waals surface area contributed by atoms with Gasteiger partial charge in [0.05, 0.1) is 11.4 Å². The van der Waals surface area contributed by atoms with Crippen molar-refractivity contribution in [3.63, 3.8) is 0 Å². The molecule has 1 rings (SSSR count). The molecule has 0 saturated carbocycles. The lowest BCUT2D eigenvalue weighted by atomic mass is 10.1. The van der Waals surface area contributed by atoms with Crippen LogP contribution in [0.25, 0.3) is 0 Å². The number of hydrogen-bond acceptors (Lipinski definition) is 3. The SMILES string of the molecule is CCC(CC)NC(=O)c1ccc(N(CC)S(=O)(=O)CC)cc1. The van der Waals surface area contributed by atoms with Gasteiger partial charge in [-0.15, -0.1) is 0 Å². The van der Waals surface area contributed by atoms with E-state index in [1.54, 1.807) is 38.1 Å². The van der Waals surface area contributed by atoms with E-state index in [4.69, 9.17) is 0 Å². The summed E-state index contributed by atoms with van der Waals surface area (Å²) in [5.41, 5.74) is 1.13. The summed E-state index contributed by atoms with van der Waals surface area (Å²) in [5.74, 6) is -0.0701. The lowest BCUT2D eigenvalue weighted by molar-refractivity contribution is 0.0935. The molecule has 0 aliphatic rings. The summed E-state index contributed by atoms with van der Waals surface area (Å²) >= 11 is 0. The molecule has 0 aliphatic heterocycles. The Morgan fingerprint density at radius 2 is 1.64 bits per heavy atom. The van der Waals surface area contributed by atoms with Crippen LogP contribution in [0.15, 0.2) is 24.3 Å². The van der Waals surface area contributed by atoms with Crippen molar-refractivity contribution in [1.82, 2.24) is 5.32 Å². The Morgan fingerprint density at radius 3 is 2.05 bits per heavy atom. The summed E-state index contributed by atoms with van der Waals surface area (Å²) in [6, 6.07) is 6.86. The van der Waals surface area contributed by atoms with Crippen LogP contribution in [0.4, 0.5) is 5.69 Å². The van der Waals surface area contributed by atoms with Gasteiger partial charge in [-0.3, -0.25) is 9.10 Å². The van der Waals surface area contributed by atoms with Crippen LogP contribution < -0.4 is 9.62 Å². The molecule has 6 heteroatoms. The number of hydrogen-bond donors (Lipinski definition) is 1. The molecule has 1 aromatic carbocycles. The fourth-order valence-electron chi connectivity index (χ4n) is 2.24. The molecule has 1 aromatic rings. The van der Waals surface area contributed by atoms with Crippen molar-refractivity contribution in [2.75, 3.05) is 16.6 Å². The molecule has 0 heterocycles. The molecule has 0 unspecified atom stereocenters. The highest BCUT2D eigenvalue weighted by atomic mass is 32.2. The third-order valence-electron chi connectivity index (χ3n) is 3.73. The van der Waals surface area contributed by atoms with E-state index >= 15 is 0 Å². The molecule has 0 saturated heterocycles. The molecule has 1 amide bonds. The standard InChI is InChI=1S/C16H26N2O3S/c1-5-14(6-2)17-16(19)13-9-11-15(12-10-13)18(7-3)22(20,21)8-4/h9-12,14H,5-8H2,1-4H3,(H,17,19). The monoisotopic (exact) mass is 326 g/mol. The van der Waals surface area contributed by atoms with Crippen LogP contribution in [0.5, 0.6) is 0 Å². The fraction of sp³-hybridized carbons (Fsp3) is 0.562. The van der Waals surface area contributed by atoms with Crippen LogP contribution >= 0.6 is 0 Å². The highest BCUT2D eigenvalue weighted by Crippen LogP contribution is 2.19. The Labute approximate surface area is 133 Å². The maximum Gasteiger partial charge on any atom is 0.251 e. The molecule has 0 spiro atoms. The summed E-state index contributed by atoms with van der Waals surface area (Å²) in [7, 11) is -3.29. The topological polar surface area (TPSA) is 66.5 Å². The van der Waals surface area contributed by atoms with Crippen molar-refractivity contribution in [3.8, 4) is 0 Å². The van der Waals surface area contributed by atoms with Crippen LogP contribution in [-0.4, -0.2) is 32.7 Å². The summed E-state index contributed by atoms with van der Waals surface area (Å²) in [5, 5.41) is 2.97. The molecule has 0 radical (unpaired) electrons. The van der Waals surface area contributed by atoms with Crippen molar-refractivity contribution in [2.24, 2.45) is 0 Å². The molecule has 0 atom stereocenters. The first-order valence-corrected chi connectivity index (χ1v) is 9.41. The lowest BCUT2D eigenvalue weighted by Crippen LogP contribution is -2.34. The highest BCUT2D eigenvalue weighted by molar-refractivity contribution is 7.92. The second-order valence-electron chi connectivity index (χ2n) is 5.10. The minimum atomic E-state index is -3.29. The Balaban J connectivity index is 2.92. The number of amides is 1. The van der Waals surface area contributed by atoms with Crippen LogP contribution in [-0.2, 0) is 10.0 Å². The van der Waals surface area contributed by atoms with E-state index in [0.29, 0.717) is 17.8 Å². The van der Waals surface area contributed by atoms with Gasteiger partial charge >= 0.3 is 0 Å². The third-order valence-corrected chi connectivity index (χ3v) is 5.60. The van der Waals surface area contributed by atoms with Gasteiger partial charge in [0.1, 0.15) is 0 Å². The van der Waals surface area contributed by atoms with E-state index in [9.17, 15) is 13.2 Å². The smallest absolute Gasteiger partial charge is 0.251 e. The average molecular weight is 326 g/mol. The van der Waals surface area contributed by atoms with E-state index in [1.165, 1.54) is 4.31 Å². The highest BCUT2D eigenvalue weighted by Gasteiger charge is 2.19. The molecule has 0 fully saturated rings. The zero-order valence-electron chi connectivity index (χ0n) is 13.8. The number of sulfonamides is 1. The minimum absolute atomic E-state index is 0.0533. The van der Waals surface area contributed by atoms with Gasteiger partial charge in [-0.2, -0.15) is 0 Å². The van der Waals surface area contributed by atoms with Crippen LogP contribution in [0.1, 0.15) is 50.9 Å². The normalized spacial score (nSPS) is 11.5. The average Bonchev–Trinajstić information content (AvgIpc) is 2.53. The lowest BCUT2D eigenvalue weighted by Gasteiger charge is -2.22. The van der Waals surface area contributed by atoms with Gasteiger partial charge in [0.2, 0.25) is 10.0 Å². The van der Waals surface area contributed by atoms with Gasteiger partial charge in [-0.1, -0.05) is 13.8 Å². The summed E-state index contributed by atoms with van der Waals surface area (Å²) in [4.78, 5) is 12.1. The van der Waals surface area contributed by atoms with Gasteiger partial charge in [0.25, 0.3) is 5.91 Å². The van der Waals surface area contributed by atoms with Crippen molar-refractivity contribution in [1.29, 1.82) is 0 Å². The first kappa shape index (κ1) is 18.5. The van der Waals surface area contributed by atoms with Crippen molar-refractivity contribution in [3.05, 3.63) is 29.8 Å². The number of nitrogens with one attached hydrogen (secondary N) is 1. The predicted octanol–water partition coefficient (Wildman–Crippen LogP) is 2.78. The quantitative estimate of drug-likeness (QED) is 0.799. The minimum Gasteiger partial charge on any atom is -0.349 e. The molecule has 1 N–H and O–H groups in total. The predicted molar refractivity (Wildman–Crippen MR) is 90.8 cm³/mol. The zero-order valence-corrected chi connectivity index (χ0v) is 14.6. The molecule has 124 valence electrons. The summed E-state index contributed by atoms with van der Waals surface area (Å²) in [6.45, 7) is 7.85. The number of benzene rings is 1. The largest absolute Gasteiger partial charge is 0.349 e. The second-order valence-corrected chi connectivity index (χ2v) is 7.28. The number of anilines is 1. The van der Waals surface area contributed by atoms with E-state index in [2.05, 4.69) is 5.32 Å². The first-order chi connectivity index (χ1) is 10.4. The van der Waals surface area contributed by atoms with Gasteiger partial charge in [0, 0.05) is 18.2 Å². The zero-order chi connectivity index (χ0) is 16.8. The number of carbonyl (C=O) groups excluding carboxylic acids is 1. The fourth-order valence-corrected chi connectivity index (χ4v) is 3.38. The summed E-state index contributed by atoms with van der Waals surface area (Å²) < 4.78 is 25.4. The Bertz CT molecular complexity index is 578. The molecule has 22 heavy (non-hydrogen) atoms. The summed E-state index contributed by atoms with van der Waals surface area (Å²) in [6.07, 6.45) is 1.78. The molecule has 0 aliphatic carbocycles. The van der Waals surface area contributed by atoms with Crippen molar-refractivity contribution in [2.45, 2.75) is 46.6 Å².